The molecular formula is C36H39BrClN3O7. The van der Waals surface area contributed by atoms with Crippen molar-refractivity contribution < 1.29 is 33.8 Å². The third kappa shape index (κ3) is 6.21. The molecule has 0 radical (unpaired) electrons. The fourth-order valence-electron chi connectivity index (χ4n) is 7.47. The van der Waals surface area contributed by atoms with Crippen molar-refractivity contribution in [3.63, 3.8) is 0 Å². The summed E-state index contributed by atoms with van der Waals surface area (Å²) in [7, 11) is 0. The number of cyclic esters (lactones) is 1. The van der Waals surface area contributed by atoms with Gasteiger partial charge < -0.3 is 29.7 Å². The number of nitrogens with one attached hydrogen (secondary N) is 1. The number of amides is 3. The lowest BCUT2D eigenvalue weighted by Crippen LogP contribution is -2.59. The first-order chi connectivity index (χ1) is 23.1. The molecule has 6 rings (SSSR count). The molecule has 0 aliphatic carbocycles. The molecule has 48 heavy (non-hydrogen) atoms. The summed E-state index contributed by atoms with van der Waals surface area (Å²) in [4.78, 5) is 59.8. The smallest absolute Gasteiger partial charge is 0.313 e. The van der Waals surface area contributed by atoms with Crippen LogP contribution in [-0.4, -0.2) is 77.2 Å². The van der Waals surface area contributed by atoms with E-state index in [1.165, 1.54) is 9.80 Å². The van der Waals surface area contributed by atoms with E-state index in [0.29, 0.717) is 33.6 Å². The maximum atomic E-state index is 15.1. The Morgan fingerprint density at radius 2 is 1.77 bits per heavy atom. The maximum Gasteiger partial charge on any atom is 0.313 e. The lowest BCUT2D eigenvalue weighted by atomic mass is 9.74. The lowest BCUT2D eigenvalue weighted by molar-refractivity contribution is -0.160. The van der Waals surface area contributed by atoms with E-state index in [1.807, 2.05) is 50.3 Å². The van der Waals surface area contributed by atoms with Crippen LogP contribution in [0.2, 0.25) is 5.02 Å². The van der Waals surface area contributed by atoms with Crippen molar-refractivity contribution in [3.05, 3.63) is 87.9 Å². The van der Waals surface area contributed by atoms with E-state index >= 15 is 4.79 Å². The highest BCUT2D eigenvalue weighted by molar-refractivity contribution is 9.11. The Morgan fingerprint density at radius 1 is 1.04 bits per heavy atom. The lowest BCUT2D eigenvalue weighted by Gasteiger charge is -2.39. The minimum Gasteiger partial charge on any atom is -0.455 e. The van der Waals surface area contributed by atoms with Crippen LogP contribution in [0.25, 0.3) is 0 Å². The first kappa shape index (κ1) is 34.4. The first-order valence-corrected chi connectivity index (χ1v) is 17.5. The van der Waals surface area contributed by atoms with Crippen LogP contribution in [0.3, 0.4) is 0 Å². The van der Waals surface area contributed by atoms with Gasteiger partial charge in [0.05, 0.1) is 35.8 Å². The molecule has 0 saturated carbocycles. The van der Waals surface area contributed by atoms with E-state index in [4.69, 9.17) is 21.1 Å². The number of hydrogen-bond acceptors (Lipinski definition) is 7. The van der Waals surface area contributed by atoms with Crippen LogP contribution in [0.4, 0.5) is 5.69 Å². The number of aliphatic hydroxyl groups excluding tert-OH is 1. The Labute approximate surface area is 293 Å². The number of nitrogens with zero attached hydrogens (tertiary/aromatic N) is 2. The molecule has 4 aliphatic heterocycles. The van der Waals surface area contributed by atoms with Gasteiger partial charge in [-0.2, -0.15) is 0 Å². The number of benzene rings is 2. The molecule has 4 aliphatic rings. The number of aliphatic hydroxyl groups is 1. The monoisotopic (exact) mass is 739 g/mol. The number of hydrogen-bond donors (Lipinski definition) is 2. The Hall–Kier alpha value is -3.51. The second-order valence-corrected chi connectivity index (χ2v) is 14.4. The normalized spacial score (nSPS) is 30.6. The fourth-order valence-corrected chi connectivity index (χ4v) is 8.44. The van der Waals surface area contributed by atoms with Crippen LogP contribution in [0.5, 0.6) is 0 Å². The van der Waals surface area contributed by atoms with Crippen molar-refractivity contribution in [1.82, 2.24) is 10.2 Å². The second-order valence-electron chi connectivity index (χ2n) is 13.1. The molecule has 1 spiro atoms. The van der Waals surface area contributed by atoms with Gasteiger partial charge in [0.2, 0.25) is 11.8 Å². The molecule has 2 saturated heterocycles. The van der Waals surface area contributed by atoms with Crippen molar-refractivity contribution in [2.75, 3.05) is 24.6 Å². The van der Waals surface area contributed by atoms with Crippen LogP contribution in [-0.2, 0) is 28.7 Å². The summed E-state index contributed by atoms with van der Waals surface area (Å²) in [5.74, 6) is -3.95. The van der Waals surface area contributed by atoms with E-state index in [9.17, 15) is 19.5 Å². The van der Waals surface area contributed by atoms with Gasteiger partial charge in [0.25, 0.3) is 5.91 Å². The fraction of sp³-hybridized carbons (Fsp3) is 0.444. The summed E-state index contributed by atoms with van der Waals surface area (Å²) in [5.41, 5.74) is -0.421. The highest BCUT2D eigenvalue weighted by Gasteiger charge is 2.75. The molecule has 0 aromatic heterocycles. The van der Waals surface area contributed by atoms with Gasteiger partial charge in [0.1, 0.15) is 29.8 Å². The maximum absolute atomic E-state index is 15.1. The molecule has 2 aromatic rings. The van der Waals surface area contributed by atoms with Gasteiger partial charge >= 0.3 is 5.97 Å². The molecule has 12 heteroatoms. The third-order valence-corrected chi connectivity index (χ3v) is 10.5. The van der Waals surface area contributed by atoms with Crippen molar-refractivity contribution in [2.45, 2.75) is 63.0 Å². The number of allylic oxidation sites excluding steroid dienone is 1. The summed E-state index contributed by atoms with van der Waals surface area (Å²) in [6, 6.07) is 14.1. The average Bonchev–Trinajstić information content (AvgIpc) is 3.66. The highest BCUT2D eigenvalue weighted by Crippen LogP contribution is 2.59. The average molecular weight is 741 g/mol. The number of likely N-dealkylation sites (tertiary alicyclic amines) is 1. The van der Waals surface area contributed by atoms with Crippen LogP contribution < -0.4 is 10.2 Å². The summed E-state index contributed by atoms with van der Waals surface area (Å²) >= 11 is 10.2. The number of ether oxygens (including phenoxy) is 2. The number of fused-ring (bicyclic) bond motifs is 2. The van der Waals surface area contributed by atoms with Gasteiger partial charge in [0, 0.05) is 17.4 Å². The highest BCUT2D eigenvalue weighted by atomic mass is 79.9. The Kier molecular flexibility index (Phi) is 10.1. The standard InChI is InChI=1S/C36H39BrClN3O7/c1-21(2)17-23(20-42)41-32-34(45)40(26-14-9-8-13-25(26)38)16-10-4-7-15-28(43)39-19-27(22-11-5-3-6-12-22)47-35(46)29-30(33(41)44)36(32)18-24(37)31(29)48-36/h3-6,8-14,18,21,23,27,29-32,42H,7,15-17,19-20H2,1-2H3,(H,39,43)/b10-4-/t23-,27-,29-,30+,31-,32-,36+/m1/s1. The Morgan fingerprint density at radius 3 is 2.48 bits per heavy atom. The quantitative estimate of drug-likeness (QED) is 0.325. The number of carbonyl (C=O) groups excluding carboxylic acids is 4. The number of rotatable bonds is 6. The number of anilines is 1. The van der Waals surface area contributed by atoms with E-state index < -0.39 is 59.5 Å². The summed E-state index contributed by atoms with van der Waals surface area (Å²) in [5, 5.41) is 13.9. The minimum atomic E-state index is -1.53. The molecule has 4 heterocycles. The van der Waals surface area contributed by atoms with Crippen LogP contribution in [0.15, 0.2) is 77.3 Å². The molecule has 10 nitrogen and oxygen atoms in total. The second kappa shape index (κ2) is 14.2. The predicted molar refractivity (Wildman–Crippen MR) is 183 cm³/mol. The molecule has 2 fully saturated rings. The molecule has 3 amide bonds. The van der Waals surface area contributed by atoms with E-state index in [-0.39, 0.29) is 37.9 Å². The molecule has 254 valence electrons. The van der Waals surface area contributed by atoms with Gasteiger partial charge in [-0.25, -0.2) is 0 Å². The molecule has 0 unspecified atom stereocenters. The number of para-hydroxylation sites is 1. The van der Waals surface area contributed by atoms with Gasteiger partial charge in [-0.3, -0.25) is 19.2 Å². The zero-order chi connectivity index (χ0) is 34.2. The minimum absolute atomic E-state index is 0.0335. The number of carbonyl (C=O) groups is 4. The molecule has 2 aromatic carbocycles. The van der Waals surface area contributed by atoms with Crippen LogP contribution in [0.1, 0.15) is 44.8 Å². The van der Waals surface area contributed by atoms with E-state index in [1.54, 1.807) is 36.4 Å². The first-order valence-electron chi connectivity index (χ1n) is 16.3. The summed E-state index contributed by atoms with van der Waals surface area (Å²) in [6.45, 7) is 3.69. The van der Waals surface area contributed by atoms with Crippen molar-refractivity contribution >= 4 is 56.9 Å². The van der Waals surface area contributed by atoms with Crippen molar-refractivity contribution in [1.29, 1.82) is 0 Å². The topological polar surface area (TPSA) is 125 Å². The molecule has 5 bridgehead atoms. The summed E-state index contributed by atoms with van der Waals surface area (Å²) < 4.78 is 13.3. The van der Waals surface area contributed by atoms with Crippen LogP contribution in [0, 0.1) is 17.8 Å². The van der Waals surface area contributed by atoms with E-state index in [2.05, 4.69) is 21.2 Å². The molecule has 2 N–H and O–H groups in total. The largest absolute Gasteiger partial charge is 0.455 e. The summed E-state index contributed by atoms with van der Waals surface area (Å²) in [6.07, 6.45) is 4.64. The Balaban J connectivity index is 1.49. The Bertz CT molecular complexity index is 1630. The van der Waals surface area contributed by atoms with E-state index in [0.717, 1.165) is 0 Å². The zero-order valence-corrected chi connectivity index (χ0v) is 29.1. The van der Waals surface area contributed by atoms with Gasteiger partial charge in [-0.1, -0.05) is 96.0 Å². The SMILES string of the molecule is CC(C)C[C@H](CO)N1C(=O)[C@@H]2[C@H]3C(=O)O[C@@H](c4ccccc4)CNC(=O)CC/C=C\CN(c4ccccc4Cl)C(=O)[C@@H]1[C@]21C=C(Br)[C@H]3O1. The van der Waals surface area contributed by atoms with Gasteiger partial charge in [-0.05, 0) is 42.5 Å². The van der Waals surface area contributed by atoms with Gasteiger partial charge in [-0.15, -0.1) is 0 Å². The molecular weight excluding hydrogens is 702 g/mol. The van der Waals surface area contributed by atoms with Crippen molar-refractivity contribution in [2.24, 2.45) is 17.8 Å². The van der Waals surface area contributed by atoms with Crippen molar-refractivity contribution in [3.8, 4) is 0 Å². The number of halogens is 2. The van der Waals surface area contributed by atoms with Crippen LogP contribution >= 0.6 is 27.5 Å². The van der Waals surface area contributed by atoms with Gasteiger partial charge in [0.15, 0.2) is 0 Å². The number of esters is 1. The molecule has 7 atom stereocenters. The third-order valence-electron chi connectivity index (χ3n) is 9.53. The zero-order valence-electron chi connectivity index (χ0n) is 26.8. The predicted octanol–water partition coefficient (Wildman–Crippen LogP) is 4.70.